The van der Waals surface area contributed by atoms with E-state index in [-0.39, 0.29) is 25.0 Å². The minimum atomic E-state index is -0.283. The van der Waals surface area contributed by atoms with Crippen LogP contribution in [0.1, 0.15) is 36.5 Å². The number of ether oxygens (including phenoxy) is 2. The highest BCUT2D eigenvalue weighted by atomic mass is 16.5. The second-order valence-electron chi connectivity index (χ2n) is 5.71. The van der Waals surface area contributed by atoms with Crippen molar-refractivity contribution in [1.29, 1.82) is 0 Å². The molecule has 0 spiro atoms. The molecular weight excluding hydrogens is 320 g/mol. The summed E-state index contributed by atoms with van der Waals surface area (Å²) in [6, 6.07) is 4.85. The first-order valence-corrected chi connectivity index (χ1v) is 8.54. The lowest BCUT2D eigenvalue weighted by molar-refractivity contribution is -0.134. The highest BCUT2D eigenvalue weighted by Gasteiger charge is 2.18. The average Bonchev–Trinajstić information content (AvgIpc) is 2.65. The minimum Gasteiger partial charge on any atom is -0.490 e. The number of hydrogen-bond acceptors (Lipinski definition) is 4. The Morgan fingerprint density at radius 1 is 1.20 bits per heavy atom. The number of amides is 2. The number of nitrogens with one attached hydrogen (secondary N) is 1. The SMILES string of the molecule is C#CCNC(=O)c1ccc(OCC(=O)N2CCCCC2)c(OCC)c1. The molecule has 2 rings (SSSR count). The molecule has 6 heteroatoms. The third-order valence-electron chi connectivity index (χ3n) is 3.92. The third-order valence-corrected chi connectivity index (χ3v) is 3.92. The van der Waals surface area contributed by atoms with E-state index in [1.54, 1.807) is 18.2 Å². The fourth-order valence-corrected chi connectivity index (χ4v) is 2.64. The van der Waals surface area contributed by atoms with Crippen LogP contribution in [0.5, 0.6) is 11.5 Å². The lowest BCUT2D eigenvalue weighted by atomic mass is 10.1. The fourth-order valence-electron chi connectivity index (χ4n) is 2.64. The van der Waals surface area contributed by atoms with E-state index >= 15 is 0 Å². The van der Waals surface area contributed by atoms with Crippen LogP contribution < -0.4 is 14.8 Å². The molecule has 2 amide bonds. The van der Waals surface area contributed by atoms with Crippen molar-refractivity contribution in [2.24, 2.45) is 0 Å². The zero-order valence-electron chi connectivity index (χ0n) is 14.5. The minimum absolute atomic E-state index is 0.0296. The van der Waals surface area contributed by atoms with Crippen molar-refractivity contribution in [1.82, 2.24) is 10.2 Å². The molecule has 0 atom stereocenters. The number of piperidine rings is 1. The van der Waals surface area contributed by atoms with Crippen LogP contribution in [0, 0.1) is 12.3 Å². The number of benzene rings is 1. The Morgan fingerprint density at radius 2 is 1.96 bits per heavy atom. The highest BCUT2D eigenvalue weighted by Crippen LogP contribution is 2.28. The number of carbonyl (C=O) groups excluding carboxylic acids is 2. The van der Waals surface area contributed by atoms with E-state index in [9.17, 15) is 9.59 Å². The van der Waals surface area contributed by atoms with Gasteiger partial charge in [0.05, 0.1) is 13.2 Å². The monoisotopic (exact) mass is 344 g/mol. The molecule has 0 aromatic heterocycles. The van der Waals surface area contributed by atoms with Gasteiger partial charge in [0, 0.05) is 18.7 Å². The van der Waals surface area contributed by atoms with Crippen molar-refractivity contribution in [3.05, 3.63) is 23.8 Å². The number of rotatable bonds is 7. The molecule has 1 aliphatic rings. The predicted molar refractivity (Wildman–Crippen MR) is 94.7 cm³/mol. The van der Waals surface area contributed by atoms with Gasteiger partial charge in [-0.1, -0.05) is 5.92 Å². The molecule has 134 valence electrons. The number of likely N-dealkylation sites (tertiary alicyclic amines) is 1. The quantitative estimate of drug-likeness (QED) is 0.767. The molecule has 1 aliphatic heterocycles. The number of carbonyl (C=O) groups is 2. The smallest absolute Gasteiger partial charge is 0.260 e. The second-order valence-corrected chi connectivity index (χ2v) is 5.71. The molecule has 0 aliphatic carbocycles. The molecule has 1 aromatic carbocycles. The van der Waals surface area contributed by atoms with Gasteiger partial charge in [-0.2, -0.15) is 0 Å². The first kappa shape index (κ1) is 18.7. The fraction of sp³-hybridized carbons (Fsp3) is 0.474. The normalized spacial score (nSPS) is 13.7. The summed E-state index contributed by atoms with van der Waals surface area (Å²) >= 11 is 0. The molecule has 1 saturated heterocycles. The molecule has 0 bridgehead atoms. The van der Waals surface area contributed by atoms with E-state index in [2.05, 4.69) is 11.2 Å². The molecule has 0 radical (unpaired) electrons. The van der Waals surface area contributed by atoms with Gasteiger partial charge in [-0.15, -0.1) is 6.42 Å². The first-order valence-electron chi connectivity index (χ1n) is 8.54. The van der Waals surface area contributed by atoms with Gasteiger partial charge in [0.25, 0.3) is 11.8 Å². The summed E-state index contributed by atoms with van der Waals surface area (Å²) < 4.78 is 11.2. The molecule has 1 aromatic rings. The van der Waals surface area contributed by atoms with Crippen LogP contribution in [0.25, 0.3) is 0 Å². The van der Waals surface area contributed by atoms with Crippen molar-refractivity contribution in [2.75, 3.05) is 32.8 Å². The molecule has 0 unspecified atom stereocenters. The second kappa shape index (κ2) is 9.58. The van der Waals surface area contributed by atoms with Gasteiger partial charge in [0.15, 0.2) is 18.1 Å². The molecule has 1 fully saturated rings. The molecule has 25 heavy (non-hydrogen) atoms. The van der Waals surface area contributed by atoms with Gasteiger partial charge in [0.1, 0.15) is 0 Å². The van der Waals surface area contributed by atoms with E-state index < -0.39 is 0 Å². The lowest BCUT2D eigenvalue weighted by Crippen LogP contribution is -2.38. The molecule has 6 nitrogen and oxygen atoms in total. The van der Waals surface area contributed by atoms with Crippen molar-refractivity contribution in [3.63, 3.8) is 0 Å². The maximum atomic E-state index is 12.2. The van der Waals surface area contributed by atoms with E-state index in [0.717, 1.165) is 25.9 Å². The number of terminal acetylenes is 1. The van der Waals surface area contributed by atoms with E-state index in [4.69, 9.17) is 15.9 Å². The van der Waals surface area contributed by atoms with Crippen LogP contribution in [-0.2, 0) is 4.79 Å². The Labute approximate surface area is 148 Å². The Kier molecular flexibility index (Phi) is 7.15. The Balaban J connectivity index is 2.02. The van der Waals surface area contributed by atoms with Gasteiger partial charge in [0.2, 0.25) is 0 Å². The summed E-state index contributed by atoms with van der Waals surface area (Å²) in [5.74, 6) is 2.92. The summed E-state index contributed by atoms with van der Waals surface area (Å²) in [7, 11) is 0. The lowest BCUT2D eigenvalue weighted by Gasteiger charge is -2.26. The maximum Gasteiger partial charge on any atom is 0.260 e. The molecule has 1 N–H and O–H groups in total. The largest absolute Gasteiger partial charge is 0.490 e. The van der Waals surface area contributed by atoms with Gasteiger partial charge < -0.3 is 19.7 Å². The van der Waals surface area contributed by atoms with Crippen LogP contribution in [0.4, 0.5) is 0 Å². The molecule has 1 heterocycles. The summed E-state index contributed by atoms with van der Waals surface area (Å²) in [5.41, 5.74) is 0.424. The van der Waals surface area contributed by atoms with Gasteiger partial charge in [-0.05, 0) is 44.4 Å². The Hall–Kier alpha value is -2.68. The summed E-state index contributed by atoms with van der Waals surface area (Å²) in [5, 5.41) is 2.60. The Bertz CT molecular complexity index is 645. The Morgan fingerprint density at radius 3 is 2.64 bits per heavy atom. The summed E-state index contributed by atoms with van der Waals surface area (Å²) in [6.07, 6.45) is 8.39. The van der Waals surface area contributed by atoms with Crippen LogP contribution in [0.2, 0.25) is 0 Å². The van der Waals surface area contributed by atoms with Crippen LogP contribution in [0.3, 0.4) is 0 Å². The highest BCUT2D eigenvalue weighted by molar-refractivity contribution is 5.95. The van der Waals surface area contributed by atoms with Crippen molar-refractivity contribution in [3.8, 4) is 23.8 Å². The average molecular weight is 344 g/mol. The zero-order valence-corrected chi connectivity index (χ0v) is 14.5. The van der Waals surface area contributed by atoms with E-state index in [1.807, 2.05) is 11.8 Å². The predicted octanol–water partition coefficient (Wildman–Crippen LogP) is 1.84. The summed E-state index contributed by atoms with van der Waals surface area (Å²) in [6.45, 7) is 3.96. The standard InChI is InChI=1S/C19H24N2O4/c1-3-10-20-19(23)15-8-9-16(17(13-15)24-4-2)25-14-18(22)21-11-6-5-7-12-21/h1,8-9,13H,4-7,10-12,14H2,2H3,(H,20,23). The van der Waals surface area contributed by atoms with Gasteiger partial charge in [-0.3, -0.25) is 9.59 Å². The maximum absolute atomic E-state index is 12.2. The number of nitrogens with zero attached hydrogens (tertiary/aromatic N) is 1. The van der Waals surface area contributed by atoms with Crippen molar-refractivity contribution < 1.29 is 19.1 Å². The topological polar surface area (TPSA) is 67.9 Å². The zero-order chi connectivity index (χ0) is 18.1. The van der Waals surface area contributed by atoms with Crippen LogP contribution in [0.15, 0.2) is 18.2 Å². The van der Waals surface area contributed by atoms with Gasteiger partial charge >= 0.3 is 0 Å². The van der Waals surface area contributed by atoms with Crippen molar-refractivity contribution in [2.45, 2.75) is 26.2 Å². The van der Waals surface area contributed by atoms with Crippen LogP contribution >= 0.6 is 0 Å². The molecule has 0 saturated carbocycles. The molecular formula is C19H24N2O4. The van der Waals surface area contributed by atoms with E-state index in [0.29, 0.717) is 23.7 Å². The number of hydrogen-bond donors (Lipinski definition) is 1. The third kappa shape index (κ3) is 5.42. The van der Waals surface area contributed by atoms with E-state index in [1.165, 1.54) is 6.42 Å². The first-order chi connectivity index (χ1) is 12.2. The van der Waals surface area contributed by atoms with Gasteiger partial charge in [-0.25, -0.2) is 0 Å². The van der Waals surface area contributed by atoms with Crippen molar-refractivity contribution >= 4 is 11.8 Å². The summed E-state index contributed by atoms with van der Waals surface area (Å²) in [4.78, 5) is 26.0. The van der Waals surface area contributed by atoms with Crippen LogP contribution in [-0.4, -0.2) is 49.6 Å².